The van der Waals surface area contributed by atoms with Crippen LogP contribution in [0.25, 0.3) is 0 Å². The van der Waals surface area contributed by atoms with E-state index in [4.69, 9.17) is 21.1 Å². The molecule has 0 fully saturated rings. The predicted molar refractivity (Wildman–Crippen MR) is 119 cm³/mol. The minimum Gasteiger partial charge on any atom is -0.493 e. The van der Waals surface area contributed by atoms with Crippen LogP contribution in [0.15, 0.2) is 42.5 Å². The third-order valence-electron chi connectivity index (χ3n) is 4.68. The van der Waals surface area contributed by atoms with Crippen molar-refractivity contribution in [1.82, 2.24) is 5.32 Å². The summed E-state index contributed by atoms with van der Waals surface area (Å²) in [6, 6.07) is 10.4. The van der Waals surface area contributed by atoms with Gasteiger partial charge in [0.2, 0.25) is 15.9 Å². The number of rotatable bonds is 9. The van der Waals surface area contributed by atoms with E-state index in [1.165, 1.54) is 7.11 Å². The number of amides is 1. The molecule has 0 bridgehead atoms. The van der Waals surface area contributed by atoms with Crippen LogP contribution in [-0.4, -0.2) is 40.8 Å². The summed E-state index contributed by atoms with van der Waals surface area (Å²) in [5.74, 6) is 0.722. The van der Waals surface area contributed by atoms with Gasteiger partial charge in [-0.15, -0.1) is 0 Å². The number of halogens is 1. The summed E-state index contributed by atoms with van der Waals surface area (Å²) in [4.78, 5) is 13.1. The topological polar surface area (TPSA) is 84.9 Å². The number of methoxy groups -OCH3 is 2. The number of hydrogen-bond donors (Lipinski definition) is 1. The largest absolute Gasteiger partial charge is 0.493 e. The molecule has 30 heavy (non-hydrogen) atoms. The average Bonchev–Trinajstić information content (AvgIpc) is 2.71. The first-order chi connectivity index (χ1) is 14.1. The Balaban J connectivity index is 2.30. The minimum absolute atomic E-state index is 0.292. The van der Waals surface area contributed by atoms with Crippen LogP contribution in [0.3, 0.4) is 0 Å². The van der Waals surface area contributed by atoms with Gasteiger partial charge < -0.3 is 14.8 Å². The molecule has 2 atom stereocenters. The third-order valence-corrected chi connectivity index (χ3v) is 6.11. The molecule has 2 rings (SSSR count). The second-order valence-corrected chi connectivity index (χ2v) is 9.10. The van der Waals surface area contributed by atoms with Crippen LogP contribution in [-0.2, 0) is 14.8 Å². The predicted octanol–water partition coefficient (Wildman–Crippen LogP) is 3.78. The Labute approximate surface area is 183 Å². The lowest BCUT2D eigenvalue weighted by atomic mass is 10.1. The number of sulfonamides is 1. The van der Waals surface area contributed by atoms with E-state index in [0.29, 0.717) is 28.6 Å². The van der Waals surface area contributed by atoms with Gasteiger partial charge in [-0.3, -0.25) is 9.10 Å². The van der Waals surface area contributed by atoms with Crippen molar-refractivity contribution in [3.8, 4) is 11.5 Å². The van der Waals surface area contributed by atoms with E-state index in [1.807, 2.05) is 13.0 Å². The van der Waals surface area contributed by atoms with E-state index in [1.54, 1.807) is 50.4 Å². The monoisotopic (exact) mass is 454 g/mol. The summed E-state index contributed by atoms with van der Waals surface area (Å²) in [7, 11) is -0.632. The Kier molecular flexibility index (Phi) is 7.97. The molecule has 9 heteroatoms. The van der Waals surface area contributed by atoms with Gasteiger partial charge >= 0.3 is 0 Å². The Morgan fingerprint density at radius 1 is 1.10 bits per heavy atom. The van der Waals surface area contributed by atoms with Gasteiger partial charge in [-0.05, 0) is 55.3 Å². The van der Waals surface area contributed by atoms with E-state index in [9.17, 15) is 13.2 Å². The van der Waals surface area contributed by atoms with E-state index in [-0.39, 0.29) is 6.04 Å². The summed E-state index contributed by atoms with van der Waals surface area (Å²) in [6.45, 7) is 3.58. The lowest BCUT2D eigenvalue weighted by molar-refractivity contribution is -0.122. The van der Waals surface area contributed by atoms with Gasteiger partial charge in [0.25, 0.3) is 0 Å². The number of nitrogens with zero attached hydrogens (tertiary/aromatic N) is 1. The maximum absolute atomic E-state index is 13.1. The first-order valence-electron chi connectivity index (χ1n) is 9.39. The zero-order valence-corrected chi connectivity index (χ0v) is 19.3. The SMILES string of the molecule is CC[C@H](C(=O)N[C@H](C)c1ccc(OC)c(OC)c1)N(c1ccc(Cl)cc1)S(C)(=O)=O. The molecule has 0 aliphatic carbocycles. The number of carbonyl (C=O) groups is 1. The molecular formula is C21H27ClN2O5S. The van der Waals surface area contributed by atoms with Gasteiger partial charge in [-0.25, -0.2) is 8.42 Å². The number of carbonyl (C=O) groups excluding carboxylic acids is 1. The summed E-state index contributed by atoms with van der Waals surface area (Å²) in [5, 5.41) is 3.38. The number of nitrogens with one attached hydrogen (secondary N) is 1. The van der Waals surface area contributed by atoms with Gasteiger partial charge in [0.05, 0.1) is 32.2 Å². The van der Waals surface area contributed by atoms with Crippen LogP contribution in [0, 0.1) is 0 Å². The maximum Gasteiger partial charge on any atom is 0.244 e. The third kappa shape index (κ3) is 5.58. The fourth-order valence-corrected chi connectivity index (χ4v) is 4.50. The van der Waals surface area contributed by atoms with Crippen LogP contribution in [0.5, 0.6) is 11.5 Å². The zero-order valence-electron chi connectivity index (χ0n) is 17.7. The number of ether oxygens (including phenoxy) is 2. The van der Waals surface area contributed by atoms with Crippen molar-refractivity contribution in [2.75, 3.05) is 24.8 Å². The highest BCUT2D eigenvalue weighted by Crippen LogP contribution is 2.30. The van der Waals surface area contributed by atoms with Gasteiger partial charge in [0.15, 0.2) is 11.5 Å². The second-order valence-electron chi connectivity index (χ2n) is 6.80. The van der Waals surface area contributed by atoms with Crippen molar-refractivity contribution in [3.05, 3.63) is 53.1 Å². The average molecular weight is 455 g/mol. The smallest absolute Gasteiger partial charge is 0.244 e. The summed E-state index contributed by atoms with van der Waals surface area (Å²) >= 11 is 5.92. The Bertz CT molecular complexity index is 979. The molecule has 0 unspecified atom stereocenters. The van der Waals surface area contributed by atoms with Crippen LogP contribution in [0.2, 0.25) is 5.02 Å². The van der Waals surface area contributed by atoms with Crippen molar-refractivity contribution in [2.45, 2.75) is 32.4 Å². The van der Waals surface area contributed by atoms with Crippen LogP contribution >= 0.6 is 11.6 Å². The fraction of sp³-hybridized carbons (Fsp3) is 0.381. The summed E-state index contributed by atoms with van der Waals surface area (Å²) in [5.41, 5.74) is 1.18. The number of anilines is 1. The van der Waals surface area contributed by atoms with Crippen LogP contribution in [0.1, 0.15) is 31.9 Å². The molecule has 0 saturated carbocycles. The molecule has 0 heterocycles. The number of benzene rings is 2. The first-order valence-corrected chi connectivity index (χ1v) is 11.6. The van der Waals surface area contributed by atoms with Gasteiger partial charge in [0, 0.05) is 5.02 Å². The highest BCUT2D eigenvalue weighted by Gasteiger charge is 2.32. The number of hydrogen-bond acceptors (Lipinski definition) is 5. The highest BCUT2D eigenvalue weighted by molar-refractivity contribution is 7.92. The molecule has 1 amide bonds. The normalized spacial score (nSPS) is 13.3. The van der Waals surface area contributed by atoms with Gasteiger partial charge in [-0.2, -0.15) is 0 Å². The van der Waals surface area contributed by atoms with Gasteiger partial charge in [0.1, 0.15) is 6.04 Å². The molecule has 0 saturated heterocycles. The van der Waals surface area contributed by atoms with E-state index >= 15 is 0 Å². The van der Waals surface area contributed by atoms with E-state index < -0.39 is 22.0 Å². The molecule has 2 aromatic carbocycles. The molecule has 0 aliphatic rings. The molecule has 0 radical (unpaired) electrons. The molecule has 0 aromatic heterocycles. The van der Waals surface area contributed by atoms with Crippen LogP contribution in [0.4, 0.5) is 5.69 Å². The van der Waals surface area contributed by atoms with E-state index in [0.717, 1.165) is 16.1 Å². The Hall–Kier alpha value is -2.45. The van der Waals surface area contributed by atoms with Crippen LogP contribution < -0.4 is 19.1 Å². The van der Waals surface area contributed by atoms with Crippen molar-refractivity contribution >= 4 is 33.2 Å². The molecule has 0 aliphatic heterocycles. The highest BCUT2D eigenvalue weighted by atomic mass is 35.5. The standard InChI is InChI=1S/C21H27ClN2O5S/c1-6-18(24(30(5,26)27)17-10-8-16(22)9-11-17)21(25)23-14(2)15-7-12-19(28-3)20(13-15)29-4/h7-14,18H,6H2,1-5H3,(H,23,25)/t14-,18-/m1/s1. The summed E-state index contributed by atoms with van der Waals surface area (Å²) < 4.78 is 36.7. The molecular weight excluding hydrogens is 428 g/mol. The molecule has 2 aromatic rings. The van der Waals surface area contributed by atoms with Crippen molar-refractivity contribution in [2.24, 2.45) is 0 Å². The van der Waals surface area contributed by atoms with Gasteiger partial charge in [-0.1, -0.05) is 24.6 Å². The fourth-order valence-electron chi connectivity index (χ4n) is 3.16. The molecule has 0 spiro atoms. The lowest BCUT2D eigenvalue weighted by Crippen LogP contribution is -2.49. The molecule has 1 N–H and O–H groups in total. The van der Waals surface area contributed by atoms with Crippen molar-refractivity contribution in [1.29, 1.82) is 0 Å². The minimum atomic E-state index is -3.71. The van der Waals surface area contributed by atoms with Crippen molar-refractivity contribution in [3.63, 3.8) is 0 Å². The first kappa shape index (κ1) is 23.8. The lowest BCUT2D eigenvalue weighted by Gasteiger charge is -2.31. The Morgan fingerprint density at radius 3 is 2.20 bits per heavy atom. The van der Waals surface area contributed by atoms with E-state index in [2.05, 4.69) is 5.32 Å². The molecule has 164 valence electrons. The summed E-state index contributed by atoms with van der Waals surface area (Å²) in [6.07, 6.45) is 1.37. The Morgan fingerprint density at radius 2 is 1.70 bits per heavy atom. The maximum atomic E-state index is 13.1. The van der Waals surface area contributed by atoms with Crippen molar-refractivity contribution < 1.29 is 22.7 Å². The molecule has 7 nitrogen and oxygen atoms in total. The quantitative estimate of drug-likeness (QED) is 0.623. The zero-order chi connectivity index (χ0) is 22.5. The second kappa shape index (κ2) is 10.0.